The van der Waals surface area contributed by atoms with Gasteiger partial charge in [-0.2, -0.15) is 0 Å². The van der Waals surface area contributed by atoms with Gasteiger partial charge in [0.15, 0.2) is 0 Å². The summed E-state index contributed by atoms with van der Waals surface area (Å²) in [5.41, 5.74) is 0. The maximum atomic E-state index is 11.3. The SMILES string of the molecule is CCCCCCCCCCCCC#CC#CCCCCCCCCC(=O)NCC. The molecule has 0 unspecified atom stereocenters. The molecule has 1 amide bonds. The van der Waals surface area contributed by atoms with Gasteiger partial charge in [-0.05, 0) is 38.0 Å². The van der Waals surface area contributed by atoms with E-state index in [2.05, 4.69) is 35.9 Å². The lowest BCUT2D eigenvalue weighted by atomic mass is 10.1. The number of carbonyl (C=O) groups excluding carboxylic acids is 1. The second kappa shape index (κ2) is 24.6. The molecule has 0 spiro atoms. The fourth-order valence-corrected chi connectivity index (χ4v) is 3.41. The van der Waals surface area contributed by atoms with Crippen LogP contribution in [-0.4, -0.2) is 12.5 Å². The van der Waals surface area contributed by atoms with Crippen LogP contribution in [0.3, 0.4) is 0 Å². The van der Waals surface area contributed by atoms with E-state index in [9.17, 15) is 4.79 Å². The summed E-state index contributed by atoms with van der Waals surface area (Å²) >= 11 is 0. The molecule has 2 heteroatoms. The number of unbranched alkanes of at least 4 members (excludes halogenated alkanes) is 16. The molecule has 29 heavy (non-hydrogen) atoms. The van der Waals surface area contributed by atoms with Gasteiger partial charge in [-0.3, -0.25) is 4.79 Å². The van der Waals surface area contributed by atoms with Crippen LogP contribution in [0, 0.1) is 23.7 Å². The number of nitrogens with one attached hydrogen (secondary N) is 1. The minimum absolute atomic E-state index is 0.192. The molecule has 0 saturated carbocycles. The van der Waals surface area contributed by atoms with E-state index in [-0.39, 0.29) is 5.91 Å². The predicted molar refractivity (Wildman–Crippen MR) is 128 cm³/mol. The van der Waals surface area contributed by atoms with E-state index in [0.717, 1.165) is 32.2 Å². The van der Waals surface area contributed by atoms with Crippen LogP contribution in [0.5, 0.6) is 0 Å². The van der Waals surface area contributed by atoms with Gasteiger partial charge >= 0.3 is 0 Å². The van der Waals surface area contributed by atoms with Gasteiger partial charge in [0.05, 0.1) is 0 Å². The average Bonchev–Trinajstić information content (AvgIpc) is 2.72. The molecule has 0 saturated heterocycles. The van der Waals surface area contributed by atoms with E-state index in [0.29, 0.717) is 6.42 Å². The van der Waals surface area contributed by atoms with Crippen LogP contribution in [0.25, 0.3) is 0 Å². The molecule has 0 aromatic rings. The maximum Gasteiger partial charge on any atom is 0.219 e. The summed E-state index contributed by atoms with van der Waals surface area (Å²) in [5.74, 6) is 12.6. The minimum Gasteiger partial charge on any atom is -0.356 e. The molecule has 0 aliphatic carbocycles. The van der Waals surface area contributed by atoms with E-state index in [1.165, 1.54) is 89.9 Å². The molecule has 0 heterocycles. The summed E-state index contributed by atoms with van der Waals surface area (Å²) in [6.07, 6.45) is 23.5. The maximum absolute atomic E-state index is 11.3. The third kappa shape index (κ3) is 24.6. The monoisotopic (exact) mass is 401 g/mol. The lowest BCUT2D eigenvalue weighted by Crippen LogP contribution is -2.21. The van der Waals surface area contributed by atoms with Crippen molar-refractivity contribution in [1.29, 1.82) is 0 Å². The highest BCUT2D eigenvalue weighted by molar-refractivity contribution is 5.75. The van der Waals surface area contributed by atoms with Crippen molar-refractivity contribution in [3.8, 4) is 23.7 Å². The number of hydrogen-bond acceptors (Lipinski definition) is 1. The van der Waals surface area contributed by atoms with Gasteiger partial charge in [0, 0.05) is 25.8 Å². The Bertz CT molecular complexity index is 474. The third-order valence-corrected chi connectivity index (χ3v) is 5.22. The van der Waals surface area contributed by atoms with E-state index in [4.69, 9.17) is 0 Å². The first-order valence-electron chi connectivity index (χ1n) is 12.5. The van der Waals surface area contributed by atoms with Gasteiger partial charge in [0.25, 0.3) is 0 Å². The van der Waals surface area contributed by atoms with E-state index < -0.39 is 0 Å². The van der Waals surface area contributed by atoms with Gasteiger partial charge in [-0.15, -0.1) is 0 Å². The fourth-order valence-electron chi connectivity index (χ4n) is 3.41. The summed E-state index contributed by atoms with van der Waals surface area (Å²) in [6, 6.07) is 0. The summed E-state index contributed by atoms with van der Waals surface area (Å²) in [4.78, 5) is 11.3. The van der Waals surface area contributed by atoms with Crippen LogP contribution < -0.4 is 5.32 Å². The van der Waals surface area contributed by atoms with Gasteiger partial charge in [0.1, 0.15) is 0 Å². The molecular formula is C27H47NO. The zero-order valence-corrected chi connectivity index (χ0v) is 19.6. The molecule has 0 aromatic carbocycles. The van der Waals surface area contributed by atoms with Gasteiger partial charge < -0.3 is 5.32 Å². The minimum atomic E-state index is 0.192. The number of rotatable bonds is 19. The van der Waals surface area contributed by atoms with Crippen molar-refractivity contribution >= 4 is 5.91 Å². The highest BCUT2D eigenvalue weighted by atomic mass is 16.1. The standard InChI is InChI=1S/C27H47NO/c1-3-5-6-7-8-9-10-11-12-13-14-15-16-17-18-19-20-21-22-23-24-25-26-27(29)28-4-2/h3-14,19-26H2,1-2H3,(H,28,29). The Morgan fingerprint density at radius 2 is 1.00 bits per heavy atom. The summed E-state index contributed by atoms with van der Waals surface area (Å²) in [6.45, 7) is 4.98. The largest absolute Gasteiger partial charge is 0.356 e. The van der Waals surface area contributed by atoms with Crippen molar-refractivity contribution < 1.29 is 4.79 Å². The molecule has 0 aromatic heterocycles. The van der Waals surface area contributed by atoms with Crippen molar-refractivity contribution in [1.82, 2.24) is 5.32 Å². The predicted octanol–water partition coefficient (Wildman–Crippen LogP) is 7.56. The summed E-state index contributed by atoms with van der Waals surface area (Å²) < 4.78 is 0. The van der Waals surface area contributed by atoms with Crippen LogP contribution in [0.2, 0.25) is 0 Å². The zero-order valence-electron chi connectivity index (χ0n) is 19.6. The number of carbonyl (C=O) groups is 1. The molecule has 2 nitrogen and oxygen atoms in total. The van der Waals surface area contributed by atoms with Crippen molar-refractivity contribution in [2.45, 2.75) is 136 Å². The van der Waals surface area contributed by atoms with Gasteiger partial charge in [-0.25, -0.2) is 0 Å². The Kier molecular flexibility index (Phi) is 23.4. The molecule has 0 fully saturated rings. The first kappa shape index (κ1) is 27.6. The third-order valence-electron chi connectivity index (χ3n) is 5.22. The molecule has 0 bridgehead atoms. The normalized spacial score (nSPS) is 10.0. The Hall–Kier alpha value is -1.41. The van der Waals surface area contributed by atoms with E-state index in [1.807, 2.05) is 6.92 Å². The Balaban J connectivity index is 3.27. The lowest BCUT2D eigenvalue weighted by molar-refractivity contribution is -0.121. The Morgan fingerprint density at radius 3 is 1.45 bits per heavy atom. The van der Waals surface area contributed by atoms with E-state index in [1.54, 1.807) is 0 Å². The second-order valence-corrected chi connectivity index (χ2v) is 8.11. The smallest absolute Gasteiger partial charge is 0.219 e. The van der Waals surface area contributed by atoms with Gasteiger partial charge in [-0.1, -0.05) is 102 Å². The van der Waals surface area contributed by atoms with Crippen molar-refractivity contribution in [3.05, 3.63) is 0 Å². The first-order chi connectivity index (χ1) is 14.3. The second-order valence-electron chi connectivity index (χ2n) is 8.11. The van der Waals surface area contributed by atoms with Gasteiger partial charge in [0.2, 0.25) is 5.91 Å². The first-order valence-corrected chi connectivity index (χ1v) is 12.5. The quantitative estimate of drug-likeness (QED) is 0.175. The number of amides is 1. The molecular weight excluding hydrogens is 354 g/mol. The highest BCUT2D eigenvalue weighted by Gasteiger charge is 1.98. The van der Waals surface area contributed by atoms with Crippen LogP contribution in [0.4, 0.5) is 0 Å². The fraction of sp³-hybridized carbons (Fsp3) is 0.815. The Morgan fingerprint density at radius 1 is 0.586 bits per heavy atom. The zero-order chi connectivity index (χ0) is 21.3. The molecule has 166 valence electrons. The van der Waals surface area contributed by atoms with E-state index >= 15 is 0 Å². The molecule has 0 atom stereocenters. The molecule has 0 aliphatic rings. The molecule has 0 aliphatic heterocycles. The molecule has 0 rings (SSSR count). The van der Waals surface area contributed by atoms with Crippen LogP contribution >= 0.6 is 0 Å². The number of hydrogen-bond donors (Lipinski definition) is 1. The van der Waals surface area contributed by atoms with Crippen LogP contribution in [-0.2, 0) is 4.79 Å². The van der Waals surface area contributed by atoms with Crippen molar-refractivity contribution in [2.75, 3.05) is 6.54 Å². The Labute approximate surface area is 182 Å². The topological polar surface area (TPSA) is 29.1 Å². The summed E-state index contributed by atoms with van der Waals surface area (Å²) in [7, 11) is 0. The summed E-state index contributed by atoms with van der Waals surface area (Å²) in [5, 5.41) is 2.84. The lowest BCUT2D eigenvalue weighted by Gasteiger charge is -2.02. The molecule has 1 N–H and O–H groups in total. The van der Waals surface area contributed by atoms with Crippen molar-refractivity contribution in [2.24, 2.45) is 0 Å². The van der Waals surface area contributed by atoms with Crippen LogP contribution in [0.15, 0.2) is 0 Å². The average molecular weight is 402 g/mol. The van der Waals surface area contributed by atoms with Crippen LogP contribution in [0.1, 0.15) is 136 Å². The highest BCUT2D eigenvalue weighted by Crippen LogP contribution is 2.11. The molecule has 0 radical (unpaired) electrons. The van der Waals surface area contributed by atoms with Crippen molar-refractivity contribution in [3.63, 3.8) is 0 Å².